The van der Waals surface area contributed by atoms with Gasteiger partial charge in [0.05, 0.1) is 22.4 Å². The third-order valence-electron chi connectivity index (χ3n) is 6.65. The minimum atomic E-state index is 0.818. The summed E-state index contributed by atoms with van der Waals surface area (Å²) in [4.78, 5) is 23.6. The van der Waals surface area contributed by atoms with Crippen molar-refractivity contribution >= 4 is 78.6 Å². The van der Waals surface area contributed by atoms with Crippen LogP contribution in [0, 0.1) is 0 Å². The van der Waals surface area contributed by atoms with E-state index in [1.807, 2.05) is 58.5 Å². The molecule has 0 N–H and O–H groups in total. The molecule has 0 atom stereocenters. The first kappa shape index (κ1) is 21.6. The normalized spacial score (nSPS) is 12.9. The molecule has 1 aliphatic heterocycles. The molecular formula is C30H17N3S4. The molecule has 8 rings (SSSR count). The van der Waals surface area contributed by atoms with Crippen molar-refractivity contribution < 1.29 is 0 Å². The smallest absolute Gasteiger partial charge is 0.0986 e. The molecule has 1 aromatic carbocycles. The molecule has 0 saturated heterocycles. The average Bonchev–Trinajstić information content (AvgIpc) is 3.76. The maximum Gasteiger partial charge on any atom is 0.0986 e. The Morgan fingerprint density at radius 3 is 1.76 bits per heavy atom. The molecule has 7 heteroatoms. The molecule has 0 spiro atoms. The monoisotopic (exact) mass is 547 g/mol. The fraction of sp³-hybridized carbons (Fsp3) is 0.0333. The summed E-state index contributed by atoms with van der Waals surface area (Å²) < 4.78 is 0. The lowest BCUT2D eigenvalue weighted by Crippen LogP contribution is -1.97. The summed E-state index contributed by atoms with van der Waals surface area (Å²) >= 11 is 7.36. The molecule has 0 radical (unpaired) electrons. The number of rotatable bonds is 4. The number of thiophene rings is 4. The Balaban J connectivity index is 1.13. The first-order chi connectivity index (χ1) is 18.3. The highest BCUT2D eigenvalue weighted by Crippen LogP contribution is 2.45. The highest BCUT2D eigenvalue weighted by molar-refractivity contribution is 7.28. The molecule has 176 valence electrons. The van der Waals surface area contributed by atoms with Gasteiger partial charge in [0.2, 0.25) is 0 Å². The Hall–Kier alpha value is -3.49. The van der Waals surface area contributed by atoms with Gasteiger partial charge >= 0.3 is 0 Å². The number of benzene rings is 1. The van der Waals surface area contributed by atoms with Gasteiger partial charge in [-0.05, 0) is 71.6 Å². The van der Waals surface area contributed by atoms with Gasteiger partial charge in [-0.2, -0.15) is 0 Å². The zero-order valence-electron chi connectivity index (χ0n) is 19.3. The van der Waals surface area contributed by atoms with Gasteiger partial charge in [-0.1, -0.05) is 12.1 Å². The Morgan fingerprint density at radius 1 is 0.541 bits per heavy atom. The van der Waals surface area contributed by atoms with Crippen molar-refractivity contribution in [3.8, 4) is 29.3 Å². The van der Waals surface area contributed by atoms with Gasteiger partial charge in [-0.25, -0.2) is 0 Å². The van der Waals surface area contributed by atoms with Crippen LogP contribution >= 0.6 is 45.3 Å². The Labute approximate surface area is 229 Å². The van der Waals surface area contributed by atoms with Crippen LogP contribution in [0.1, 0.15) is 10.4 Å². The van der Waals surface area contributed by atoms with Crippen LogP contribution in [0.3, 0.4) is 0 Å². The summed E-state index contributed by atoms with van der Waals surface area (Å²) in [5.41, 5.74) is 5.32. The number of nitrogens with zero attached hydrogens (tertiary/aromatic N) is 3. The highest BCUT2D eigenvalue weighted by atomic mass is 32.1. The molecule has 6 aromatic heterocycles. The van der Waals surface area contributed by atoms with E-state index in [-0.39, 0.29) is 0 Å². The molecule has 37 heavy (non-hydrogen) atoms. The van der Waals surface area contributed by atoms with Gasteiger partial charge in [0.25, 0.3) is 0 Å². The number of hydrogen-bond acceptors (Lipinski definition) is 7. The zero-order valence-corrected chi connectivity index (χ0v) is 22.6. The molecule has 7 heterocycles. The van der Waals surface area contributed by atoms with Crippen LogP contribution in [0.4, 0.5) is 5.69 Å². The largest absolute Gasteiger partial charge is 0.254 e. The maximum absolute atomic E-state index is 5.15. The average molecular weight is 548 g/mol. The van der Waals surface area contributed by atoms with Crippen molar-refractivity contribution in [2.45, 2.75) is 6.42 Å². The predicted molar refractivity (Wildman–Crippen MR) is 161 cm³/mol. The van der Waals surface area contributed by atoms with Gasteiger partial charge in [-0.3, -0.25) is 15.0 Å². The van der Waals surface area contributed by atoms with Crippen LogP contribution < -0.4 is 0 Å². The summed E-state index contributed by atoms with van der Waals surface area (Å²) in [6.07, 6.45) is 4.50. The van der Waals surface area contributed by atoms with Crippen molar-refractivity contribution in [3.05, 3.63) is 101 Å². The van der Waals surface area contributed by atoms with Crippen LogP contribution in [0.2, 0.25) is 0 Å². The molecule has 0 saturated carbocycles. The lowest BCUT2D eigenvalue weighted by Gasteiger charge is -2.08. The predicted octanol–water partition coefficient (Wildman–Crippen LogP) is 9.71. The second kappa shape index (κ2) is 8.53. The first-order valence-electron chi connectivity index (χ1n) is 11.9. The van der Waals surface area contributed by atoms with E-state index in [2.05, 4.69) is 76.0 Å². The molecule has 0 unspecified atom stereocenters. The van der Waals surface area contributed by atoms with Gasteiger partial charge < -0.3 is 0 Å². The first-order valence-corrected chi connectivity index (χ1v) is 15.2. The van der Waals surface area contributed by atoms with E-state index in [0.29, 0.717) is 0 Å². The van der Waals surface area contributed by atoms with E-state index in [1.54, 1.807) is 11.3 Å². The van der Waals surface area contributed by atoms with Crippen molar-refractivity contribution in [1.82, 2.24) is 9.97 Å². The van der Waals surface area contributed by atoms with Crippen LogP contribution in [0.15, 0.2) is 95.6 Å². The van der Waals surface area contributed by atoms with Crippen LogP contribution in [0.25, 0.3) is 51.1 Å². The summed E-state index contributed by atoms with van der Waals surface area (Å²) in [5, 5.41) is 4.37. The lowest BCUT2D eigenvalue weighted by atomic mass is 9.99. The SMILES string of the molecule is c1csc(-c2ccc(-c3ccc(-c4ccc(C5=Nc6c(c7cccnc7c7ncccc67)C5)s4)s3)s2)c1. The Bertz CT molecular complexity index is 1970. The van der Waals surface area contributed by atoms with Crippen LogP contribution in [0.5, 0.6) is 0 Å². The number of hydrogen-bond donors (Lipinski definition) is 0. The third-order valence-corrected chi connectivity index (χ3v) is 11.4. The number of pyridine rings is 2. The summed E-state index contributed by atoms with van der Waals surface area (Å²) in [7, 11) is 0. The fourth-order valence-corrected chi connectivity index (χ4v) is 8.97. The topological polar surface area (TPSA) is 38.1 Å². The molecule has 0 amide bonds. The highest BCUT2D eigenvalue weighted by Gasteiger charge is 2.24. The minimum Gasteiger partial charge on any atom is -0.254 e. The van der Waals surface area contributed by atoms with Gasteiger partial charge in [0, 0.05) is 63.7 Å². The molecule has 3 nitrogen and oxygen atoms in total. The number of aromatic nitrogens is 2. The molecule has 0 aliphatic carbocycles. The van der Waals surface area contributed by atoms with Crippen LogP contribution in [-0.2, 0) is 6.42 Å². The minimum absolute atomic E-state index is 0.818. The van der Waals surface area contributed by atoms with Gasteiger partial charge in [0.1, 0.15) is 0 Å². The van der Waals surface area contributed by atoms with E-state index in [4.69, 9.17) is 4.99 Å². The fourth-order valence-electron chi connectivity index (χ4n) is 4.95. The van der Waals surface area contributed by atoms with E-state index < -0.39 is 0 Å². The van der Waals surface area contributed by atoms with E-state index in [9.17, 15) is 0 Å². The van der Waals surface area contributed by atoms with E-state index >= 15 is 0 Å². The maximum atomic E-state index is 5.15. The van der Waals surface area contributed by atoms with Crippen molar-refractivity contribution in [3.63, 3.8) is 0 Å². The van der Waals surface area contributed by atoms with E-state index in [0.717, 1.165) is 39.6 Å². The second-order valence-corrected chi connectivity index (χ2v) is 13.0. The van der Waals surface area contributed by atoms with Gasteiger partial charge in [-0.15, -0.1) is 45.3 Å². The van der Waals surface area contributed by atoms with Gasteiger partial charge in [0.15, 0.2) is 0 Å². The molecule has 0 fully saturated rings. The van der Waals surface area contributed by atoms with Crippen molar-refractivity contribution in [2.75, 3.05) is 0 Å². The molecular weight excluding hydrogens is 531 g/mol. The lowest BCUT2D eigenvalue weighted by molar-refractivity contribution is 1.35. The second-order valence-electron chi connectivity index (χ2n) is 8.83. The summed E-state index contributed by atoms with van der Waals surface area (Å²) in [5.74, 6) is 0. The summed E-state index contributed by atoms with van der Waals surface area (Å²) in [6, 6.07) is 26.0. The Kier molecular flexibility index (Phi) is 4.98. The molecule has 7 aromatic rings. The van der Waals surface area contributed by atoms with E-state index in [1.165, 1.54) is 39.7 Å². The number of fused-ring (bicyclic) bond motifs is 6. The third kappa shape index (κ3) is 3.54. The number of aliphatic imine (C=N–C) groups is 1. The molecule has 1 aliphatic rings. The van der Waals surface area contributed by atoms with Crippen molar-refractivity contribution in [1.29, 1.82) is 0 Å². The standard InChI is InChI=1S/C30H17N3S4/c1-4-17-19-16-20(33-28(19)18-5-2-14-32-30(18)29(17)31-13-1)21-7-8-24(35-21)25-11-12-27(37-25)26-10-9-23(36-26)22-6-3-15-34-22/h1-15H,16H2. The Morgan fingerprint density at radius 2 is 1.11 bits per heavy atom. The van der Waals surface area contributed by atoms with Crippen LogP contribution in [-0.4, -0.2) is 15.7 Å². The zero-order chi connectivity index (χ0) is 24.3. The quantitative estimate of drug-likeness (QED) is 0.206. The summed E-state index contributed by atoms with van der Waals surface area (Å²) in [6.45, 7) is 0. The molecule has 0 bridgehead atoms. The van der Waals surface area contributed by atoms with Crippen molar-refractivity contribution in [2.24, 2.45) is 4.99 Å².